The molecular weight excluding hydrogens is 869 g/mol. The first-order valence-electron chi connectivity index (χ1n) is 24.6. The highest BCUT2D eigenvalue weighted by Gasteiger charge is 2.35. The van der Waals surface area contributed by atoms with Crippen LogP contribution in [0.5, 0.6) is 0 Å². The van der Waals surface area contributed by atoms with Gasteiger partial charge in [-0.2, -0.15) is 0 Å². The van der Waals surface area contributed by atoms with Gasteiger partial charge in [-0.05, 0) is 114 Å². The maximum atomic E-state index is 6.83. The van der Waals surface area contributed by atoms with Gasteiger partial charge in [-0.15, -0.1) is 0 Å². The lowest BCUT2D eigenvalue weighted by molar-refractivity contribution is 0.621. The highest BCUT2D eigenvalue weighted by Crippen LogP contribution is 2.46. The van der Waals surface area contributed by atoms with Crippen molar-refractivity contribution in [2.45, 2.75) is 44.6 Å². The molecule has 0 fully saturated rings. The van der Waals surface area contributed by atoms with Gasteiger partial charge < -0.3 is 13.9 Å². The summed E-state index contributed by atoms with van der Waals surface area (Å²) in [6.07, 6.45) is 18.6. The molecule has 9 aromatic rings. The second-order valence-electron chi connectivity index (χ2n) is 19.3. The van der Waals surface area contributed by atoms with Gasteiger partial charge in [0.05, 0.1) is 29.3 Å². The van der Waals surface area contributed by atoms with Crippen molar-refractivity contribution in [2.75, 3.05) is 11.4 Å². The van der Waals surface area contributed by atoms with E-state index in [1.54, 1.807) is 0 Å². The average molecular weight is 919 g/mol. The number of hydrogen-bond donors (Lipinski definition) is 0. The zero-order valence-electron chi connectivity index (χ0n) is 39.7. The Labute approximate surface area is 413 Å². The summed E-state index contributed by atoms with van der Waals surface area (Å²) in [5, 5.41) is 2.25. The highest BCUT2D eigenvalue weighted by atomic mass is 16.3. The van der Waals surface area contributed by atoms with E-state index in [9.17, 15) is 0 Å². The van der Waals surface area contributed by atoms with Crippen molar-refractivity contribution in [2.24, 2.45) is 15.0 Å². The molecule has 13 rings (SSSR count). The minimum atomic E-state index is -0.222. The van der Waals surface area contributed by atoms with E-state index in [1.165, 1.54) is 33.6 Å². The Morgan fingerprint density at radius 3 is 2.27 bits per heavy atom. The Bertz CT molecular complexity index is 3840. The summed E-state index contributed by atoms with van der Waals surface area (Å²) in [5.41, 5.74) is 16.8. The Morgan fingerprint density at radius 2 is 1.45 bits per heavy atom. The molecule has 0 N–H and O–H groups in total. The summed E-state index contributed by atoms with van der Waals surface area (Å²) in [5.74, 6) is 2.00. The van der Waals surface area contributed by atoms with Gasteiger partial charge in [0.2, 0.25) is 5.89 Å². The lowest BCUT2D eigenvalue weighted by Crippen LogP contribution is -2.28. The molecule has 2 aromatic heterocycles. The summed E-state index contributed by atoms with van der Waals surface area (Å²) in [6, 6.07) is 60.0. The molecule has 0 radical (unpaired) electrons. The number of oxazole rings is 1. The van der Waals surface area contributed by atoms with Gasteiger partial charge in [-0.1, -0.05) is 160 Å². The van der Waals surface area contributed by atoms with Crippen LogP contribution >= 0.6 is 0 Å². The van der Waals surface area contributed by atoms with Crippen molar-refractivity contribution < 1.29 is 4.42 Å². The van der Waals surface area contributed by atoms with Crippen LogP contribution in [0, 0.1) is 0 Å². The van der Waals surface area contributed by atoms with Gasteiger partial charge in [-0.25, -0.2) is 15.0 Å². The van der Waals surface area contributed by atoms with Crippen molar-refractivity contribution in [3.8, 4) is 17.1 Å². The molecule has 7 heteroatoms. The van der Waals surface area contributed by atoms with Crippen LogP contribution in [0.1, 0.15) is 48.9 Å². The van der Waals surface area contributed by atoms with Crippen LogP contribution in [-0.2, 0) is 11.8 Å². The van der Waals surface area contributed by atoms with Crippen LogP contribution in [0.15, 0.2) is 249 Å². The average Bonchev–Trinajstić information content (AvgIpc) is 3.79. The Balaban J connectivity index is 0.933. The van der Waals surface area contributed by atoms with Gasteiger partial charge in [0.25, 0.3) is 0 Å². The minimum absolute atomic E-state index is 0.0485. The summed E-state index contributed by atoms with van der Waals surface area (Å²) < 4.78 is 9.18. The Morgan fingerprint density at radius 1 is 0.690 bits per heavy atom. The number of anilines is 2. The van der Waals surface area contributed by atoms with Crippen molar-refractivity contribution in [1.82, 2.24) is 9.55 Å². The zero-order valence-corrected chi connectivity index (χ0v) is 39.7. The van der Waals surface area contributed by atoms with E-state index in [0.29, 0.717) is 24.1 Å². The molecule has 2 bridgehead atoms. The number of aliphatic imine (C=N–C) groups is 3. The third-order valence-corrected chi connectivity index (χ3v) is 14.5. The van der Waals surface area contributed by atoms with Crippen molar-refractivity contribution in [3.63, 3.8) is 0 Å². The first kappa shape index (κ1) is 42.4. The fourth-order valence-electron chi connectivity index (χ4n) is 10.8. The summed E-state index contributed by atoms with van der Waals surface area (Å²) in [4.78, 5) is 23.0. The standard InChI is InChI=1S/C64H50N6O/c1-64(2)48-37-42(30-32-51(40-48)69(49-25-13-6-14-26-49)58-29-16-15-28-54(58)64)36-43-31-35-57-53(38-43)52-33-34-55-60(71-63(67-55)46-22-11-5-12-23-46)59(52)70(57)50-27-17-24-47(39-50)56-41-65-61(44-18-7-3-8-19-44)68-62(66-56)45-20-9-4-10-21-45/h3-9,11-20,22-35,37-40,51H,10,21,36,41H2,1-2H3. The second-order valence-corrected chi connectivity index (χ2v) is 19.3. The SMILES string of the molecule is CC1(C)C2=CC(C=CC(Cc3ccc4c(c3)c3ccc5nc(-c6ccccc6)oc5c3n4-c3cccc(C4=NC(C5=CC=CCC5)=NC(c5ccccc5)=NC4)c3)=C2)N(c2ccccc2)c2ccccc21. The molecule has 342 valence electrons. The van der Waals surface area contributed by atoms with Crippen LogP contribution in [-0.4, -0.2) is 39.5 Å². The van der Waals surface area contributed by atoms with Crippen LogP contribution < -0.4 is 4.90 Å². The van der Waals surface area contributed by atoms with E-state index in [4.69, 9.17) is 24.4 Å². The number of nitrogens with zero attached hydrogens (tertiary/aromatic N) is 6. The van der Waals surface area contributed by atoms with Crippen molar-refractivity contribution in [3.05, 3.63) is 251 Å². The molecule has 4 heterocycles. The number of fused-ring (bicyclic) bond motifs is 7. The fourth-order valence-corrected chi connectivity index (χ4v) is 10.8. The maximum Gasteiger partial charge on any atom is 0.227 e. The molecule has 0 amide bonds. The Hall–Kier alpha value is -8.68. The van der Waals surface area contributed by atoms with E-state index in [1.807, 2.05) is 48.5 Å². The van der Waals surface area contributed by atoms with E-state index in [2.05, 4.69) is 187 Å². The third kappa shape index (κ3) is 7.62. The topological polar surface area (TPSA) is 71.3 Å². The van der Waals surface area contributed by atoms with Crippen LogP contribution in [0.4, 0.5) is 11.4 Å². The Kier molecular flexibility index (Phi) is 10.4. The number of aromatic nitrogens is 2. The molecule has 2 aliphatic heterocycles. The number of benzene rings is 7. The van der Waals surface area contributed by atoms with E-state index < -0.39 is 0 Å². The minimum Gasteiger partial charge on any atom is -0.434 e. The van der Waals surface area contributed by atoms with E-state index in [-0.39, 0.29) is 11.5 Å². The predicted octanol–water partition coefficient (Wildman–Crippen LogP) is 15.0. The second kappa shape index (κ2) is 17.4. The van der Waals surface area contributed by atoms with E-state index in [0.717, 1.165) is 85.8 Å². The number of rotatable bonds is 8. The van der Waals surface area contributed by atoms with Crippen molar-refractivity contribution in [1.29, 1.82) is 0 Å². The summed E-state index contributed by atoms with van der Waals surface area (Å²) >= 11 is 0. The van der Waals surface area contributed by atoms with Gasteiger partial charge in [0.15, 0.2) is 17.3 Å². The van der Waals surface area contributed by atoms with Gasteiger partial charge in [0.1, 0.15) is 5.52 Å². The first-order chi connectivity index (χ1) is 34.9. The molecule has 1 atom stereocenters. The van der Waals surface area contributed by atoms with Gasteiger partial charge in [0, 0.05) is 49.9 Å². The molecule has 71 heavy (non-hydrogen) atoms. The van der Waals surface area contributed by atoms with Crippen LogP contribution in [0.3, 0.4) is 0 Å². The quantitative estimate of drug-likeness (QED) is 0.152. The largest absolute Gasteiger partial charge is 0.434 e. The maximum absolute atomic E-state index is 6.83. The molecule has 0 saturated carbocycles. The number of amidine groups is 2. The smallest absolute Gasteiger partial charge is 0.227 e. The summed E-state index contributed by atoms with van der Waals surface area (Å²) in [7, 11) is 0. The zero-order chi connectivity index (χ0) is 47.5. The van der Waals surface area contributed by atoms with Gasteiger partial charge in [-0.3, -0.25) is 4.99 Å². The highest BCUT2D eigenvalue weighted by molar-refractivity contribution is 6.21. The van der Waals surface area contributed by atoms with E-state index >= 15 is 0 Å². The van der Waals surface area contributed by atoms with Crippen LogP contribution in [0.2, 0.25) is 0 Å². The molecule has 0 spiro atoms. The number of hydrogen-bond acceptors (Lipinski definition) is 6. The molecule has 2 aliphatic carbocycles. The lowest BCUT2D eigenvalue weighted by Gasteiger charge is -2.33. The van der Waals surface area contributed by atoms with Gasteiger partial charge >= 0.3 is 0 Å². The molecule has 1 unspecified atom stereocenters. The lowest BCUT2D eigenvalue weighted by atomic mass is 9.76. The number of allylic oxidation sites excluding steroid dienone is 7. The molecule has 0 saturated heterocycles. The molecule has 4 aliphatic rings. The first-order valence-corrected chi connectivity index (χ1v) is 24.6. The van der Waals surface area contributed by atoms with Crippen molar-refractivity contribution >= 4 is 61.7 Å². The summed E-state index contributed by atoms with van der Waals surface area (Å²) in [6.45, 7) is 5.12. The third-order valence-electron chi connectivity index (χ3n) is 14.5. The normalized spacial score (nSPS) is 17.4. The predicted molar refractivity (Wildman–Crippen MR) is 293 cm³/mol. The monoisotopic (exact) mass is 918 g/mol. The van der Waals surface area contributed by atoms with Crippen LogP contribution in [0.25, 0.3) is 50.0 Å². The molecule has 7 aromatic carbocycles. The molecule has 7 nitrogen and oxygen atoms in total. The fraction of sp³-hybridized carbons (Fsp3) is 0.125. The molecular formula is C64H50N6O. The number of para-hydroxylation sites is 2.